The topological polar surface area (TPSA) is 116 Å². The number of piperidine rings is 1. The summed E-state index contributed by atoms with van der Waals surface area (Å²) in [5, 5.41) is 15.4. The van der Waals surface area contributed by atoms with E-state index >= 15 is 0 Å². The Kier molecular flexibility index (Phi) is 23.4. The van der Waals surface area contributed by atoms with Gasteiger partial charge >= 0.3 is 0 Å². The van der Waals surface area contributed by atoms with E-state index in [4.69, 9.17) is 9.84 Å². The van der Waals surface area contributed by atoms with Crippen molar-refractivity contribution in [3.8, 4) is 5.75 Å². The molecular formula is C34H53N5O4. The number of rotatable bonds is 8. The molecule has 0 bridgehead atoms. The normalized spacial score (nSPS) is 13.7. The van der Waals surface area contributed by atoms with Gasteiger partial charge in [-0.25, -0.2) is 4.98 Å². The average Bonchev–Trinajstić information content (AvgIpc) is 3.21. The molecule has 1 aliphatic heterocycles. The summed E-state index contributed by atoms with van der Waals surface area (Å²) in [6.07, 6.45) is 13.4. The number of aliphatic hydroxyl groups excluding tert-OH is 1. The third-order valence-electron chi connectivity index (χ3n) is 6.27. The van der Waals surface area contributed by atoms with Crippen LogP contribution in [-0.4, -0.2) is 67.6 Å². The molecule has 238 valence electrons. The Bertz CT molecular complexity index is 1110. The summed E-state index contributed by atoms with van der Waals surface area (Å²) in [6.45, 7) is 14.0. The zero-order chi connectivity index (χ0) is 32.3. The fourth-order valence-corrected chi connectivity index (χ4v) is 3.89. The van der Waals surface area contributed by atoms with Gasteiger partial charge in [-0.2, -0.15) is 0 Å². The zero-order valence-electron chi connectivity index (χ0n) is 27.2. The van der Waals surface area contributed by atoms with E-state index in [0.29, 0.717) is 12.2 Å². The summed E-state index contributed by atoms with van der Waals surface area (Å²) >= 11 is 0. The van der Waals surface area contributed by atoms with Crippen LogP contribution in [0.15, 0.2) is 83.8 Å². The van der Waals surface area contributed by atoms with Crippen molar-refractivity contribution in [1.29, 1.82) is 0 Å². The Morgan fingerprint density at radius 1 is 1.00 bits per heavy atom. The van der Waals surface area contributed by atoms with Gasteiger partial charge in [0, 0.05) is 46.8 Å². The van der Waals surface area contributed by atoms with E-state index in [0.717, 1.165) is 43.8 Å². The first kappa shape index (κ1) is 39.0. The Balaban J connectivity index is 0.000000613. The van der Waals surface area contributed by atoms with E-state index in [9.17, 15) is 9.59 Å². The number of hydrogen-bond acceptors (Lipinski definition) is 7. The molecule has 0 radical (unpaired) electrons. The van der Waals surface area contributed by atoms with Crippen molar-refractivity contribution in [1.82, 2.24) is 15.2 Å². The number of anilines is 2. The number of allylic oxidation sites excluding steroid dienone is 5. The molecule has 9 heteroatoms. The van der Waals surface area contributed by atoms with Gasteiger partial charge in [0.05, 0.1) is 5.69 Å². The van der Waals surface area contributed by atoms with Crippen LogP contribution in [0.5, 0.6) is 5.75 Å². The second-order valence-corrected chi connectivity index (χ2v) is 9.28. The standard InChI is InChI=1S/C16H19NO.C9H18N2O.C6H6N2O.C2H6.CH4O/c1-12-8-10-14(11-9-13(12)2)18-16-7-5-4-6-15(16)17-3;1-9(12)10-5-8-11-6-3-2-4-7-11;9-5-8-6-3-1-2-4-7-6;2*1-2/h4-10,17H,11H2,1-3H3;2-8H2,1H3,(H,10,12);1-5H,(H,7,8,9);1-2H3;2H,1H3. The van der Waals surface area contributed by atoms with Crippen LogP contribution < -0.4 is 20.7 Å². The second kappa shape index (κ2) is 25.7. The van der Waals surface area contributed by atoms with Gasteiger partial charge in [-0.3, -0.25) is 9.59 Å². The number of ether oxygens (including phenoxy) is 1. The van der Waals surface area contributed by atoms with E-state index in [1.165, 1.54) is 43.5 Å². The van der Waals surface area contributed by atoms with Crippen LogP contribution in [0.1, 0.15) is 60.3 Å². The molecule has 4 rings (SSSR count). The lowest BCUT2D eigenvalue weighted by molar-refractivity contribution is -0.119. The summed E-state index contributed by atoms with van der Waals surface area (Å²) in [7, 11) is 2.90. The van der Waals surface area contributed by atoms with Crippen LogP contribution in [0.25, 0.3) is 0 Å². The number of aromatic nitrogens is 1. The lowest BCUT2D eigenvalue weighted by atomic mass is 10.1. The van der Waals surface area contributed by atoms with Gasteiger partial charge in [-0.15, -0.1) is 0 Å². The van der Waals surface area contributed by atoms with E-state index in [1.807, 2.05) is 45.2 Å². The van der Waals surface area contributed by atoms with Gasteiger partial charge in [0.25, 0.3) is 0 Å². The smallest absolute Gasteiger partial charge is 0.216 e. The second-order valence-electron chi connectivity index (χ2n) is 9.28. The van der Waals surface area contributed by atoms with E-state index in [2.05, 4.69) is 57.9 Å². The molecule has 1 aliphatic carbocycles. The van der Waals surface area contributed by atoms with Crippen LogP contribution in [0.2, 0.25) is 0 Å². The third kappa shape index (κ3) is 18.3. The highest BCUT2D eigenvalue weighted by Crippen LogP contribution is 2.27. The number of carbonyl (C=O) groups is 2. The lowest BCUT2D eigenvalue weighted by Gasteiger charge is -2.26. The molecular weight excluding hydrogens is 542 g/mol. The summed E-state index contributed by atoms with van der Waals surface area (Å²) in [4.78, 5) is 26.6. The minimum atomic E-state index is 0.0759. The largest absolute Gasteiger partial charge is 0.459 e. The molecule has 1 aromatic carbocycles. The first-order valence-corrected chi connectivity index (χ1v) is 14.9. The Hall–Kier alpha value is -3.95. The average molecular weight is 596 g/mol. The van der Waals surface area contributed by atoms with Crippen molar-refractivity contribution >= 4 is 23.8 Å². The van der Waals surface area contributed by atoms with Gasteiger partial charge in [-0.1, -0.05) is 56.2 Å². The van der Waals surface area contributed by atoms with E-state index in [1.54, 1.807) is 31.3 Å². The number of hydrogen-bond donors (Lipinski definition) is 4. The Morgan fingerprint density at radius 2 is 1.67 bits per heavy atom. The van der Waals surface area contributed by atoms with Crippen molar-refractivity contribution < 1.29 is 19.4 Å². The molecule has 1 fully saturated rings. The Labute approximate surface area is 259 Å². The number of aliphatic hydroxyl groups is 1. The summed E-state index contributed by atoms with van der Waals surface area (Å²) in [5.74, 6) is 2.48. The molecule has 43 heavy (non-hydrogen) atoms. The number of para-hydroxylation sites is 2. The zero-order valence-corrected chi connectivity index (χ0v) is 27.2. The van der Waals surface area contributed by atoms with Crippen LogP contribution in [0.4, 0.5) is 11.5 Å². The predicted molar refractivity (Wildman–Crippen MR) is 179 cm³/mol. The Morgan fingerprint density at radius 3 is 2.28 bits per heavy atom. The number of likely N-dealkylation sites (tertiary alicyclic amines) is 1. The molecule has 0 atom stereocenters. The van der Waals surface area contributed by atoms with E-state index < -0.39 is 0 Å². The maximum Gasteiger partial charge on any atom is 0.216 e. The molecule has 1 aromatic heterocycles. The molecule has 2 aromatic rings. The number of benzene rings is 1. The van der Waals surface area contributed by atoms with Crippen molar-refractivity contribution in [3.63, 3.8) is 0 Å². The predicted octanol–water partition coefficient (Wildman–Crippen LogP) is 6.18. The van der Waals surface area contributed by atoms with Gasteiger partial charge in [0.1, 0.15) is 17.3 Å². The van der Waals surface area contributed by atoms with Crippen molar-refractivity contribution in [2.45, 2.75) is 60.3 Å². The fraction of sp³-hybridized carbons (Fsp3) is 0.441. The van der Waals surface area contributed by atoms with Crippen LogP contribution in [0, 0.1) is 0 Å². The van der Waals surface area contributed by atoms with Crippen LogP contribution in [0.3, 0.4) is 0 Å². The van der Waals surface area contributed by atoms with Gasteiger partial charge in [0.2, 0.25) is 12.3 Å². The fourth-order valence-electron chi connectivity index (χ4n) is 3.89. The maximum atomic E-state index is 10.6. The van der Waals surface area contributed by atoms with Gasteiger partial charge in [-0.05, 0) is 75.7 Å². The van der Waals surface area contributed by atoms with Gasteiger partial charge < -0.3 is 30.7 Å². The van der Waals surface area contributed by atoms with E-state index in [-0.39, 0.29) is 5.91 Å². The highest BCUT2D eigenvalue weighted by Gasteiger charge is 2.09. The molecule has 1 saturated heterocycles. The quantitative estimate of drug-likeness (QED) is 0.269. The highest BCUT2D eigenvalue weighted by molar-refractivity contribution is 5.72. The first-order chi connectivity index (χ1) is 20.9. The van der Waals surface area contributed by atoms with Gasteiger partial charge in [0.15, 0.2) is 0 Å². The van der Waals surface area contributed by atoms with Crippen LogP contribution in [-0.2, 0) is 9.59 Å². The maximum absolute atomic E-state index is 10.6. The molecule has 0 spiro atoms. The number of amides is 2. The molecule has 2 amide bonds. The van der Waals surface area contributed by atoms with Crippen molar-refractivity contribution in [2.75, 3.05) is 51.0 Å². The van der Waals surface area contributed by atoms with Crippen molar-refractivity contribution in [3.05, 3.63) is 83.8 Å². The molecule has 0 unspecified atom stereocenters. The van der Waals surface area contributed by atoms with Crippen LogP contribution >= 0.6 is 0 Å². The molecule has 4 N–H and O–H groups in total. The number of pyridine rings is 1. The minimum absolute atomic E-state index is 0.0759. The molecule has 2 heterocycles. The third-order valence-corrected chi connectivity index (χ3v) is 6.27. The number of carbonyl (C=O) groups excluding carboxylic acids is 2. The molecule has 9 nitrogen and oxygen atoms in total. The summed E-state index contributed by atoms with van der Waals surface area (Å²) < 4.78 is 5.96. The highest BCUT2D eigenvalue weighted by atomic mass is 16.5. The minimum Gasteiger partial charge on any atom is -0.459 e. The SMILES string of the molecule is CC.CC(=O)NCCN1CCCCC1.CNc1ccccc1OC1=CC=C(C)C(C)=CC1.CO.O=CNc1ccccn1. The molecule has 2 aliphatic rings. The van der Waals surface area contributed by atoms with Crippen molar-refractivity contribution in [2.24, 2.45) is 0 Å². The summed E-state index contributed by atoms with van der Waals surface area (Å²) in [5.41, 5.74) is 3.60. The number of nitrogens with one attached hydrogen (secondary N) is 3. The monoisotopic (exact) mass is 595 g/mol. The molecule has 0 saturated carbocycles. The lowest BCUT2D eigenvalue weighted by Crippen LogP contribution is -2.36. The summed E-state index contributed by atoms with van der Waals surface area (Å²) in [6, 6.07) is 13.3. The first-order valence-electron chi connectivity index (χ1n) is 14.9. The number of nitrogens with zero attached hydrogens (tertiary/aromatic N) is 2.